The number of anilines is 1. The standard InChI is InChI=1S/C27H25F3N6O/c1-17(19-6-5-7-19)32-25-24-26(34-22(14-31)33-25)35-23(16-37-21-8-3-2-4-9-21)36(24)15-18-10-12-20(13-11-18)27(28,29)30/h2-4,8-13,17,19H,5-7,15-16H2,1H3,(H,32,33,34)/t17-/m1/s1. The average Bonchev–Trinajstić information content (AvgIpc) is 3.19. The molecule has 7 nitrogen and oxygen atoms in total. The predicted molar refractivity (Wildman–Crippen MR) is 132 cm³/mol. The Kier molecular flexibility index (Phi) is 6.70. The van der Waals surface area contributed by atoms with Crippen molar-refractivity contribution in [3.63, 3.8) is 0 Å². The van der Waals surface area contributed by atoms with Crippen molar-refractivity contribution >= 4 is 17.0 Å². The molecule has 4 aromatic rings. The number of nitriles is 1. The van der Waals surface area contributed by atoms with Crippen molar-refractivity contribution in [3.05, 3.63) is 77.4 Å². The van der Waals surface area contributed by atoms with Crippen LogP contribution in [0.1, 0.15) is 49.0 Å². The first-order chi connectivity index (χ1) is 17.8. The molecule has 0 unspecified atom stereocenters. The van der Waals surface area contributed by atoms with Gasteiger partial charge in [0.25, 0.3) is 0 Å². The summed E-state index contributed by atoms with van der Waals surface area (Å²) in [5.41, 5.74) is 0.846. The Bertz CT molecular complexity index is 1420. The molecule has 1 saturated carbocycles. The summed E-state index contributed by atoms with van der Waals surface area (Å²) in [6.07, 6.45) is -0.986. The molecular formula is C27H25F3N6O. The molecule has 0 amide bonds. The topological polar surface area (TPSA) is 88.7 Å². The summed E-state index contributed by atoms with van der Waals surface area (Å²) in [5.74, 6) is 2.14. The van der Waals surface area contributed by atoms with Crippen molar-refractivity contribution in [2.45, 2.75) is 51.6 Å². The molecule has 2 aromatic carbocycles. The molecule has 5 rings (SSSR count). The number of nitrogens with one attached hydrogen (secondary N) is 1. The van der Waals surface area contributed by atoms with Crippen LogP contribution >= 0.6 is 0 Å². The molecule has 0 saturated heterocycles. The number of alkyl halides is 3. The van der Waals surface area contributed by atoms with Crippen molar-refractivity contribution in [2.24, 2.45) is 5.92 Å². The smallest absolute Gasteiger partial charge is 0.416 e. The second kappa shape index (κ2) is 10.1. The minimum atomic E-state index is -4.41. The Labute approximate surface area is 212 Å². The number of rotatable bonds is 8. The van der Waals surface area contributed by atoms with Gasteiger partial charge in [0, 0.05) is 12.6 Å². The number of fused-ring (bicyclic) bond motifs is 1. The largest absolute Gasteiger partial charge is 0.486 e. The first kappa shape index (κ1) is 24.6. The maximum Gasteiger partial charge on any atom is 0.416 e. The number of ether oxygens (including phenoxy) is 1. The van der Waals surface area contributed by atoms with Crippen molar-refractivity contribution in [1.82, 2.24) is 19.5 Å². The molecule has 1 aliphatic carbocycles. The lowest BCUT2D eigenvalue weighted by Gasteiger charge is -2.32. The number of imidazole rings is 1. The van der Waals surface area contributed by atoms with Crippen molar-refractivity contribution in [3.8, 4) is 11.8 Å². The van der Waals surface area contributed by atoms with Crippen molar-refractivity contribution in [2.75, 3.05) is 5.32 Å². The number of aromatic nitrogens is 4. The van der Waals surface area contributed by atoms with E-state index in [-0.39, 0.29) is 25.0 Å². The SMILES string of the molecule is C[C@@H](Nc1nc(C#N)nc2nc(COc3ccccc3)n(Cc3ccc(C(F)(F)F)cc3)c12)C1CCC1. The normalized spacial score (nSPS) is 14.7. The Morgan fingerprint density at radius 2 is 1.81 bits per heavy atom. The average molecular weight is 507 g/mol. The van der Waals surface area contributed by atoms with E-state index in [9.17, 15) is 18.4 Å². The summed E-state index contributed by atoms with van der Waals surface area (Å²) in [7, 11) is 0. The van der Waals surface area contributed by atoms with E-state index in [1.54, 1.807) is 0 Å². The zero-order valence-electron chi connectivity index (χ0n) is 20.2. The molecular weight excluding hydrogens is 481 g/mol. The molecule has 10 heteroatoms. The maximum absolute atomic E-state index is 13.1. The summed E-state index contributed by atoms with van der Waals surface area (Å²) < 4.78 is 47.1. The number of nitrogens with zero attached hydrogens (tertiary/aromatic N) is 5. The van der Waals surface area contributed by atoms with E-state index in [1.165, 1.54) is 18.6 Å². The molecule has 1 atom stereocenters. The zero-order chi connectivity index (χ0) is 26.0. The molecule has 0 radical (unpaired) electrons. The fraction of sp³-hybridized carbons (Fsp3) is 0.333. The number of hydrogen-bond donors (Lipinski definition) is 1. The van der Waals surface area contributed by atoms with Crippen LogP contribution in [0.5, 0.6) is 5.75 Å². The third kappa shape index (κ3) is 5.35. The van der Waals surface area contributed by atoms with Gasteiger partial charge < -0.3 is 14.6 Å². The van der Waals surface area contributed by atoms with Gasteiger partial charge in [0.05, 0.1) is 5.56 Å². The van der Waals surface area contributed by atoms with Gasteiger partial charge in [-0.25, -0.2) is 4.98 Å². The Hall–Kier alpha value is -4.13. The van der Waals surface area contributed by atoms with E-state index >= 15 is 0 Å². The van der Waals surface area contributed by atoms with Gasteiger partial charge in [0.2, 0.25) is 5.82 Å². The monoisotopic (exact) mass is 506 g/mol. The van der Waals surface area contributed by atoms with Gasteiger partial charge in [-0.15, -0.1) is 0 Å². The summed E-state index contributed by atoms with van der Waals surface area (Å²) >= 11 is 0. The van der Waals surface area contributed by atoms with Crippen LogP contribution in [-0.2, 0) is 19.3 Å². The summed E-state index contributed by atoms with van der Waals surface area (Å²) in [5, 5.41) is 13.0. The van der Waals surface area contributed by atoms with Gasteiger partial charge in [-0.2, -0.15) is 28.4 Å². The molecule has 2 aromatic heterocycles. The van der Waals surface area contributed by atoms with Crippen LogP contribution in [0.25, 0.3) is 11.2 Å². The second-order valence-electron chi connectivity index (χ2n) is 9.21. The highest BCUT2D eigenvalue weighted by Crippen LogP contribution is 2.33. The van der Waals surface area contributed by atoms with Crippen molar-refractivity contribution in [1.29, 1.82) is 5.26 Å². The summed E-state index contributed by atoms with van der Waals surface area (Å²) in [4.78, 5) is 13.4. The highest BCUT2D eigenvalue weighted by Gasteiger charge is 2.30. The van der Waals surface area contributed by atoms with Crippen LogP contribution in [0.3, 0.4) is 0 Å². The minimum absolute atomic E-state index is 0.00878. The molecule has 0 spiro atoms. The third-order valence-electron chi connectivity index (χ3n) is 6.74. The molecule has 0 aliphatic heterocycles. The van der Waals surface area contributed by atoms with Crippen LogP contribution in [-0.4, -0.2) is 25.6 Å². The highest BCUT2D eigenvalue weighted by molar-refractivity contribution is 5.84. The number of halogens is 3. The molecule has 1 aliphatic rings. The molecule has 0 bridgehead atoms. The first-order valence-corrected chi connectivity index (χ1v) is 12.1. The molecule has 1 N–H and O–H groups in total. The molecule has 37 heavy (non-hydrogen) atoms. The number of hydrogen-bond acceptors (Lipinski definition) is 6. The molecule has 190 valence electrons. The summed E-state index contributed by atoms with van der Waals surface area (Å²) in [6, 6.07) is 16.4. The van der Waals surface area contributed by atoms with E-state index in [2.05, 4.69) is 27.2 Å². The predicted octanol–water partition coefficient (Wildman–Crippen LogP) is 5.94. The fourth-order valence-corrected chi connectivity index (χ4v) is 4.43. The maximum atomic E-state index is 13.1. The quantitative estimate of drug-likeness (QED) is 0.318. The second-order valence-corrected chi connectivity index (χ2v) is 9.21. The van der Waals surface area contributed by atoms with E-state index in [0.29, 0.717) is 40.0 Å². The highest BCUT2D eigenvalue weighted by atomic mass is 19.4. The van der Waals surface area contributed by atoms with Crippen molar-refractivity contribution < 1.29 is 17.9 Å². The van der Waals surface area contributed by atoms with Crippen LogP contribution < -0.4 is 10.1 Å². The molecule has 1 fully saturated rings. The Morgan fingerprint density at radius 1 is 1.08 bits per heavy atom. The lowest BCUT2D eigenvalue weighted by Crippen LogP contribution is -2.31. The number of benzene rings is 2. The van der Waals surface area contributed by atoms with Crippen LogP contribution in [0.4, 0.5) is 19.0 Å². The first-order valence-electron chi connectivity index (χ1n) is 12.1. The Balaban J connectivity index is 1.56. The van der Waals surface area contributed by atoms with E-state index in [0.717, 1.165) is 25.0 Å². The van der Waals surface area contributed by atoms with Gasteiger partial charge in [-0.05, 0) is 55.5 Å². The lowest BCUT2D eigenvalue weighted by atomic mass is 9.80. The minimum Gasteiger partial charge on any atom is -0.486 e. The fourth-order valence-electron chi connectivity index (χ4n) is 4.43. The summed E-state index contributed by atoms with van der Waals surface area (Å²) in [6.45, 7) is 2.41. The third-order valence-corrected chi connectivity index (χ3v) is 6.74. The van der Waals surface area contributed by atoms with Gasteiger partial charge in [-0.1, -0.05) is 36.8 Å². The van der Waals surface area contributed by atoms with Gasteiger partial charge in [0.1, 0.15) is 29.8 Å². The van der Waals surface area contributed by atoms with Gasteiger partial charge >= 0.3 is 6.18 Å². The van der Waals surface area contributed by atoms with Crippen LogP contribution in [0.15, 0.2) is 54.6 Å². The zero-order valence-corrected chi connectivity index (χ0v) is 20.2. The van der Waals surface area contributed by atoms with Crippen LogP contribution in [0, 0.1) is 17.2 Å². The van der Waals surface area contributed by atoms with E-state index < -0.39 is 11.7 Å². The lowest BCUT2D eigenvalue weighted by molar-refractivity contribution is -0.137. The van der Waals surface area contributed by atoms with E-state index in [1.807, 2.05) is 41.0 Å². The van der Waals surface area contributed by atoms with Gasteiger partial charge in [0.15, 0.2) is 11.5 Å². The van der Waals surface area contributed by atoms with E-state index in [4.69, 9.17) is 4.74 Å². The molecule has 2 heterocycles. The van der Waals surface area contributed by atoms with Gasteiger partial charge in [-0.3, -0.25) is 0 Å². The van der Waals surface area contributed by atoms with Crippen LogP contribution in [0.2, 0.25) is 0 Å². The Morgan fingerprint density at radius 3 is 2.43 bits per heavy atom. The number of para-hydroxylation sites is 1.